The van der Waals surface area contributed by atoms with E-state index < -0.39 is 17.7 Å². The Kier molecular flexibility index (Phi) is 13.5. The zero-order valence-electron chi connectivity index (χ0n) is 27.5. The summed E-state index contributed by atoms with van der Waals surface area (Å²) in [6, 6.07) is 6.62. The van der Waals surface area contributed by atoms with E-state index in [-0.39, 0.29) is 52.5 Å². The second kappa shape index (κ2) is 17.2. The first-order chi connectivity index (χ1) is 21.8. The highest BCUT2D eigenvalue weighted by Gasteiger charge is 2.34. The molecule has 0 saturated heterocycles. The molecule has 10 heteroatoms. The Morgan fingerprint density at radius 1 is 0.622 bits per heavy atom. The monoisotopic (exact) mass is 626 g/mol. The summed E-state index contributed by atoms with van der Waals surface area (Å²) in [6.45, 7) is 4.45. The first-order valence-corrected chi connectivity index (χ1v) is 15.4. The largest absolute Gasteiger partial charge is 0.506 e. The number of phenols is 1. The lowest BCUT2D eigenvalue weighted by Crippen LogP contribution is -2.17. The van der Waals surface area contributed by atoms with Crippen LogP contribution in [-0.2, 0) is 9.47 Å². The van der Waals surface area contributed by atoms with E-state index in [2.05, 4.69) is 13.8 Å². The predicted octanol–water partition coefficient (Wildman–Crippen LogP) is 7.73. The number of aromatic hydroxyl groups is 1. The molecule has 0 spiro atoms. The van der Waals surface area contributed by atoms with E-state index in [1.165, 1.54) is 41.6 Å². The third kappa shape index (κ3) is 7.85. The van der Waals surface area contributed by atoms with Crippen molar-refractivity contribution in [1.29, 1.82) is 0 Å². The molecule has 3 aromatic carbocycles. The fraction of sp³-hybridized carbons (Fsp3) is 0.486. The molecule has 3 aromatic rings. The number of fused-ring (bicyclic) bond motifs is 1. The van der Waals surface area contributed by atoms with Crippen LogP contribution < -0.4 is 23.7 Å². The van der Waals surface area contributed by atoms with Gasteiger partial charge >= 0.3 is 11.9 Å². The first-order valence-electron chi connectivity index (χ1n) is 15.4. The fourth-order valence-corrected chi connectivity index (χ4v) is 5.31. The number of benzene rings is 3. The minimum atomic E-state index is -0.848. The van der Waals surface area contributed by atoms with E-state index in [1.807, 2.05) is 0 Å². The number of hydrogen-bond acceptors (Lipinski definition) is 10. The molecule has 0 aromatic heterocycles. The Hall–Kier alpha value is -4.34. The highest BCUT2D eigenvalue weighted by Crippen LogP contribution is 2.52. The molecule has 0 aliphatic carbocycles. The highest BCUT2D eigenvalue weighted by molar-refractivity contribution is 6.20. The number of carbonyl (C=O) groups is 2. The summed E-state index contributed by atoms with van der Waals surface area (Å²) in [5.41, 5.74) is 0.263. The molecule has 10 nitrogen and oxygen atoms in total. The van der Waals surface area contributed by atoms with Gasteiger partial charge in [-0.2, -0.15) is 0 Å². The van der Waals surface area contributed by atoms with E-state index in [9.17, 15) is 14.7 Å². The van der Waals surface area contributed by atoms with Gasteiger partial charge in [0.25, 0.3) is 0 Å². The van der Waals surface area contributed by atoms with Crippen LogP contribution in [0.15, 0.2) is 24.3 Å². The topological polar surface area (TPSA) is 119 Å². The van der Waals surface area contributed by atoms with Gasteiger partial charge in [-0.1, -0.05) is 58.4 Å². The quantitative estimate of drug-likeness (QED) is 0.111. The number of carbonyl (C=O) groups excluding carboxylic acids is 2. The van der Waals surface area contributed by atoms with Gasteiger partial charge in [-0.3, -0.25) is 0 Å². The number of methoxy groups -OCH3 is 5. The Morgan fingerprint density at radius 2 is 1.18 bits per heavy atom. The van der Waals surface area contributed by atoms with Gasteiger partial charge in [0.15, 0.2) is 23.0 Å². The lowest BCUT2D eigenvalue weighted by molar-refractivity contribution is 0.0448. The molecule has 0 unspecified atom stereocenters. The van der Waals surface area contributed by atoms with Gasteiger partial charge < -0.3 is 38.3 Å². The zero-order chi connectivity index (χ0) is 32.9. The van der Waals surface area contributed by atoms with Gasteiger partial charge in [0, 0.05) is 16.3 Å². The highest BCUT2D eigenvalue weighted by atomic mass is 16.5. The van der Waals surface area contributed by atoms with Gasteiger partial charge in [-0.15, -0.1) is 0 Å². The number of hydrogen-bond donors (Lipinski definition) is 1. The first kappa shape index (κ1) is 35.1. The van der Waals surface area contributed by atoms with Crippen molar-refractivity contribution in [2.45, 2.75) is 65.2 Å². The Labute approximate surface area is 265 Å². The molecule has 0 radical (unpaired) electrons. The summed E-state index contributed by atoms with van der Waals surface area (Å²) < 4.78 is 39.5. The van der Waals surface area contributed by atoms with Crippen molar-refractivity contribution < 1.29 is 47.9 Å². The van der Waals surface area contributed by atoms with Crippen molar-refractivity contribution in [2.75, 3.05) is 48.8 Å². The van der Waals surface area contributed by atoms with Gasteiger partial charge in [-0.05, 0) is 36.6 Å². The third-order valence-corrected chi connectivity index (χ3v) is 7.61. The number of esters is 2. The molecule has 45 heavy (non-hydrogen) atoms. The van der Waals surface area contributed by atoms with E-state index >= 15 is 0 Å². The van der Waals surface area contributed by atoms with Crippen LogP contribution in [0.1, 0.15) is 85.9 Å². The lowest BCUT2D eigenvalue weighted by Gasteiger charge is -2.23. The maximum Gasteiger partial charge on any atom is 0.342 e. The van der Waals surface area contributed by atoms with E-state index in [4.69, 9.17) is 33.2 Å². The van der Waals surface area contributed by atoms with Crippen LogP contribution in [0.5, 0.6) is 34.5 Å². The van der Waals surface area contributed by atoms with Crippen molar-refractivity contribution in [3.63, 3.8) is 0 Å². The van der Waals surface area contributed by atoms with Gasteiger partial charge in [0.1, 0.15) is 11.3 Å². The summed E-state index contributed by atoms with van der Waals surface area (Å²) in [4.78, 5) is 27.9. The Balaban J connectivity index is 2.44. The summed E-state index contributed by atoms with van der Waals surface area (Å²) in [6.07, 6.45) is 7.10. The lowest BCUT2D eigenvalue weighted by atomic mass is 9.87. The van der Waals surface area contributed by atoms with Gasteiger partial charge in [0.05, 0.1) is 54.3 Å². The molecule has 3 rings (SSSR count). The molecule has 0 heterocycles. The number of phenolic OH excluding ortho intramolecular Hbond substituents is 1. The molecule has 1 N–H and O–H groups in total. The smallest absolute Gasteiger partial charge is 0.342 e. The number of rotatable bonds is 18. The second-order valence-electron chi connectivity index (χ2n) is 10.5. The maximum absolute atomic E-state index is 14.1. The van der Waals surface area contributed by atoms with Crippen molar-refractivity contribution in [3.8, 4) is 45.6 Å². The Bertz CT molecular complexity index is 1460. The average molecular weight is 627 g/mol. The second-order valence-corrected chi connectivity index (χ2v) is 10.5. The number of ether oxygens (including phenoxy) is 7. The number of unbranched alkanes of at least 4 members (excludes halogenated alkanes) is 6. The van der Waals surface area contributed by atoms with Crippen LogP contribution in [0.2, 0.25) is 0 Å². The predicted molar refractivity (Wildman–Crippen MR) is 173 cm³/mol. The van der Waals surface area contributed by atoms with Crippen LogP contribution in [0, 0.1) is 0 Å². The third-order valence-electron chi connectivity index (χ3n) is 7.61. The van der Waals surface area contributed by atoms with Crippen LogP contribution in [0.3, 0.4) is 0 Å². The van der Waals surface area contributed by atoms with Gasteiger partial charge in [-0.25, -0.2) is 9.59 Å². The molecule has 0 saturated carbocycles. The Morgan fingerprint density at radius 3 is 1.69 bits per heavy atom. The van der Waals surface area contributed by atoms with Crippen molar-refractivity contribution in [3.05, 3.63) is 35.4 Å². The molecule has 0 atom stereocenters. The van der Waals surface area contributed by atoms with E-state index in [0.717, 1.165) is 38.5 Å². The molecular weight excluding hydrogens is 580 g/mol. The van der Waals surface area contributed by atoms with Crippen LogP contribution >= 0.6 is 0 Å². The van der Waals surface area contributed by atoms with E-state index in [1.54, 1.807) is 18.2 Å². The van der Waals surface area contributed by atoms with Crippen molar-refractivity contribution in [1.82, 2.24) is 0 Å². The molecule has 0 aliphatic heterocycles. The minimum absolute atomic E-state index is 0.128. The minimum Gasteiger partial charge on any atom is -0.506 e. The molecule has 0 aliphatic rings. The molecule has 0 amide bonds. The fourth-order valence-electron chi connectivity index (χ4n) is 5.31. The summed E-state index contributed by atoms with van der Waals surface area (Å²) in [5.74, 6) is -0.591. The molecule has 0 fully saturated rings. The van der Waals surface area contributed by atoms with E-state index in [0.29, 0.717) is 35.3 Å². The van der Waals surface area contributed by atoms with Crippen molar-refractivity contribution >= 4 is 22.7 Å². The van der Waals surface area contributed by atoms with Crippen LogP contribution in [0.4, 0.5) is 0 Å². The SMILES string of the molecule is CCCCCCOC(=O)c1c(C(=O)OCCCCCC)c(-c2ccc(OC)c(OC)c2)c2c(OC)c(OC)c(OC)cc2c1O. The summed E-state index contributed by atoms with van der Waals surface area (Å²) in [7, 11) is 7.36. The molecule has 0 bridgehead atoms. The summed E-state index contributed by atoms with van der Waals surface area (Å²) >= 11 is 0. The average Bonchev–Trinajstić information content (AvgIpc) is 3.06. The molecule has 246 valence electrons. The molecular formula is C35H46O10. The van der Waals surface area contributed by atoms with Crippen LogP contribution in [-0.4, -0.2) is 65.8 Å². The normalized spacial score (nSPS) is 10.8. The van der Waals surface area contributed by atoms with Crippen LogP contribution in [0.25, 0.3) is 21.9 Å². The summed E-state index contributed by atoms with van der Waals surface area (Å²) in [5, 5.41) is 12.3. The van der Waals surface area contributed by atoms with Crippen molar-refractivity contribution in [2.24, 2.45) is 0 Å². The zero-order valence-corrected chi connectivity index (χ0v) is 27.5. The van der Waals surface area contributed by atoms with Gasteiger partial charge in [0.2, 0.25) is 5.75 Å². The maximum atomic E-state index is 14.1. The standard InChI is InChI=1S/C35H46O10/c1-8-10-12-14-18-44-34(37)29-27(22-16-17-24(39-3)25(20-22)40-4)28-23(21-26(41-5)32(42-6)33(28)43-7)31(36)30(29)35(38)45-19-15-13-11-9-2/h16-17,20-21,36H,8-15,18-19H2,1-7H3.